The Hall–Kier alpha value is -1.37. The van der Waals surface area contributed by atoms with Crippen LogP contribution >= 0.6 is 39.1 Å². The molecule has 1 aromatic carbocycles. The highest BCUT2D eigenvalue weighted by Crippen LogP contribution is 2.23. The van der Waals surface area contributed by atoms with Gasteiger partial charge in [0, 0.05) is 10.5 Å². The Kier molecular flexibility index (Phi) is 4.80. The fourth-order valence-electron chi connectivity index (χ4n) is 1.44. The van der Waals surface area contributed by atoms with Gasteiger partial charge in [-0.1, -0.05) is 11.6 Å². The lowest BCUT2D eigenvalue weighted by Gasteiger charge is -2.08. The van der Waals surface area contributed by atoms with Crippen LogP contribution in [0, 0.1) is 0 Å². The summed E-state index contributed by atoms with van der Waals surface area (Å²) < 4.78 is 5.71. The fraction of sp³-hybridized carbons (Fsp3) is 0.0833. The Morgan fingerprint density at radius 2 is 2.05 bits per heavy atom. The SMILES string of the molecule is COc1ccc(Br)c(C(=O)Nc2cc(Cl)nc(Cl)n2)c1. The van der Waals surface area contributed by atoms with Crippen LogP contribution in [0.4, 0.5) is 5.82 Å². The maximum atomic E-state index is 12.2. The molecule has 0 radical (unpaired) electrons. The average Bonchev–Trinajstić information content (AvgIpc) is 2.37. The summed E-state index contributed by atoms with van der Waals surface area (Å²) in [6.45, 7) is 0. The molecule has 20 heavy (non-hydrogen) atoms. The molecule has 1 heterocycles. The second-order valence-electron chi connectivity index (χ2n) is 3.64. The molecule has 8 heteroatoms. The summed E-state index contributed by atoms with van der Waals surface area (Å²) in [6.07, 6.45) is 0. The van der Waals surface area contributed by atoms with Gasteiger partial charge in [-0.2, -0.15) is 0 Å². The predicted molar refractivity (Wildman–Crippen MR) is 80.7 cm³/mol. The van der Waals surface area contributed by atoms with Crippen molar-refractivity contribution in [3.8, 4) is 5.75 Å². The van der Waals surface area contributed by atoms with E-state index >= 15 is 0 Å². The van der Waals surface area contributed by atoms with Crippen molar-refractivity contribution in [2.45, 2.75) is 0 Å². The Morgan fingerprint density at radius 1 is 1.30 bits per heavy atom. The molecule has 0 unspecified atom stereocenters. The molecule has 0 bridgehead atoms. The molecule has 0 fully saturated rings. The summed E-state index contributed by atoms with van der Waals surface area (Å²) in [5.41, 5.74) is 0.398. The number of anilines is 1. The van der Waals surface area contributed by atoms with Gasteiger partial charge in [-0.3, -0.25) is 4.79 Å². The van der Waals surface area contributed by atoms with Gasteiger partial charge in [-0.15, -0.1) is 0 Å². The van der Waals surface area contributed by atoms with Crippen molar-refractivity contribution in [1.82, 2.24) is 9.97 Å². The van der Waals surface area contributed by atoms with Crippen LogP contribution in [-0.2, 0) is 0 Å². The smallest absolute Gasteiger partial charge is 0.258 e. The number of nitrogens with one attached hydrogen (secondary N) is 1. The Bertz CT molecular complexity index is 647. The number of amides is 1. The highest BCUT2D eigenvalue weighted by atomic mass is 79.9. The van der Waals surface area contributed by atoms with Crippen molar-refractivity contribution < 1.29 is 9.53 Å². The Labute approximate surface area is 133 Å². The zero-order valence-electron chi connectivity index (χ0n) is 10.2. The molecule has 0 saturated carbocycles. The van der Waals surface area contributed by atoms with E-state index in [0.29, 0.717) is 15.8 Å². The van der Waals surface area contributed by atoms with E-state index in [1.54, 1.807) is 18.2 Å². The third-order valence-corrected chi connectivity index (χ3v) is 3.38. The topological polar surface area (TPSA) is 64.1 Å². The molecule has 1 aromatic heterocycles. The van der Waals surface area contributed by atoms with E-state index in [2.05, 4.69) is 31.2 Å². The number of hydrogen-bond acceptors (Lipinski definition) is 4. The lowest BCUT2D eigenvalue weighted by molar-refractivity contribution is 0.102. The molecule has 2 aromatic rings. The molecule has 104 valence electrons. The van der Waals surface area contributed by atoms with E-state index in [-0.39, 0.29) is 22.2 Å². The maximum Gasteiger partial charge on any atom is 0.258 e. The number of carbonyl (C=O) groups excluding carboxylic acids is 1. The second kappa shape index (κ2) is 6.39. The van der Waals surface area contributed by atoms with E-state index in [0.717, 1.165) is 0 Å². The molecule has 0 spiro atoms. The van der Waals surface area contributed by atoms with Crippen LogP contribution in [0.15, 0.2) is 28.7 Å². The minimum Gasteiger partial charge on any atom is -0.497 e. The highest BCUT2D eigenvalue weighted by Gasteiger charge is 2.13. The molecule has 1 N–H and O–H groups in total. The van der Waals surface area contributed by atoms with Crippen molar-refractivity contribution in [3.05, 3.63) is 44.7 Å². The van der Waals surface area contributed by atoms with Crippen molar-refractivity contribution >= 4 is 50.9 Å². The second-order valence-corrected chi connectivity index (χ2v) is 5.22. The van der Waals surface area contributed by atoms with E-state index in [4.69, 9.17) is 27.9 Å². The number of carbonyl (C=O) groups is 1. The Balaban J connectivity index is 2.27. The van der Waals surface area contributed by atoms with Crippen LogP contribution in [0.3, 0.4) is 0 Å². The van der Waals surface area contributed by atoms with Crippen LogP contribution in [0.1, 0.15) is 10.4 Å². The minimum absolute atomic E-state index is 0.0440. The van der Waals surface area contributed by atoms with Gasteiger partial charge >= 0.3 is 0 Å². The van der Waals surface area contributed by atoms with E-state index in [9.17, 15) is 4.79 Å². The number of hydrogen-bond donors (Lipinski definition) is 1. The number of halogens is 3. The zero-order chi connectivity index (χ0) is 14.7. The summed E-state index contributed by atoms with van der Waals surface area (Å²) >= 11 is 14.7. The number of methoxy groups -OCH3 is 1. The Morgan fingerprint density at radius 3 is 2.70 bits per heavy atom. The van der Waals surface area contributed by atoms with Gasteiger partial charge < -0.3 is 10.1 Å². The van der Waals surface area contributed by atoms with Crippen LogP contribution in [0.25, 0.3) is 0 Å². The summed E-state index contributed by atoms with van der Waals surface area (Å²) in [4.78, 5) is 19.7. The largest absolute Gasteiger partial charge is 0.497 e. The van der Waals surface area contributed by atoms with Gasteiger partial charge in [0.25, 0.3) is 5.91 Å². The number of rotatable bonds is 3. The normalized spacial score (nSPS) is 10.2. The van der Waals surface area contributed by atoms with Crippen molar-refractivity contribution in [2.75, 3.05) is 12.4 Å². The average molecular weight is 377 g/mol. The van der Waals surface area contributed by atoms with Gasteiger partial charge in [0.05, 0.1) is 12.7 Å². The molecule has 0 atom stereocenters. The van der Waals surface area contributed by atoms with Crippen LogP contribution in [0.2, 0.25) is 10.4 Å². The van der Waals surface area contributed by atoms with Crippen molar-refractivity contribution in [3.63, 3.8) is 0 Å². The molecular formula is C12H8BrCl2N3O2. The van der Waals surface area contributed by atoms with Crippen LogP contribution < -0.4 is 10.1 Å². The molecule has 0 aliphatic heterocycles. The van der Waals surface area contributed by atoms with Gasteiger partial charge in [0.1, 0.15) is 16.7 Å². The maximum absolute atomic E-state index is 12.2. The fourth-order valence-corrected chi connectivity index (χ4v) is 2.28. The number of aromatic nitrogens is 2. The monoisotopic (exact) mass is 375 g/mol. The third kappa shape index (κ3) is 3.59. The first-order chi connectivity index (χ1) is 9.49. The zero-order valence-corrected chi connectivity index (χ0v) is 13.3. The molecule has 0 aliphatic carbocycles. The van der Waals surface area contributed by atoms with Crippen molar-refractivity contribution in [1.29, 1.82) is 0 Å². The molecule has 0 saturated heterocycles. The molecule has 2 rings (SSSR count). The first-order valence-corrected chi connectivity index (χ1v) is 6.89. The van der Waals surface area contributed by atoms with E-state index in [1.807, 2.05) is 0 Å². The molecule has 0 aliphatic rings. The van der Waals surface area contributed by atoms with Crippen LogP contribution in [-0.4, -0.2) is 23.0 Å². The standard InChI is InChI=1S/C12H8BrCl2N3O2/c1-20-6-2-3-8(13)7(4-6)11(19)17-10-5-9(14)16-12(15)18-10/h2-5H,1H3,(H,16,17,18,19). The molecular weight excluding hydrogens is 369 g/mol. The summed E-state index contributed by atoms with van der Waals surface area (Å²) in [5, 5.41) is 2.69. The third-order valence-electron chi connectivity index (χ3n) is 2.33. The first kappa shape index (κ1) is 15.0. The summed E-state index contributed by atoms with van der Waals surface area (Å²) in [5.74, 6) is 0.411. The quantitative estimate of drug-likeness (QED) is 0.653. The molecule has 1 amide bonds. The van der Waals surface area contributed by atoms with E-state index in [1.165, 1.54) is 13.2 Å². The summed E-state index contributed by atoms with van der Waals surface area (Å²) in [7, 11) is 1.52. The number of nitrogens with zero attached hydrogens (tertiary/aromatic N) is 2. The highest BCUT2D eigenvalue weighted by molar-refractivity contribution is 9.10. The van der Waals surface area contributed by atoms with Gasteiger partial charge in [0.2, 0.25) is 5.28 Å². The van der Waals surface area contributed by atoms with Crippen LogP contribution in [0.5, 0.6) is 5.75 Å². The number of benzene rings is 1. The van der Waals surface area contributed by atoms with Crippen molar-refractivity contribution in [2.24, 2.45) is 0 Å². The van der Waals surface area contributed by atoms with Gasteiger partial charge in [-0.25, -0.2) is 9.97 Å². The number of ether oxygens (including phenoxy) is 1. The molecule has 5 nitrogen and oxygen atoms in total. The predicted octanol–water partition coefficient (Wildman–Crippen LogP) is 3.81. The summed E-state index contributed by atoms with van der Waals surface area (Å²) in [6, 6.07) is 6.45. The van der Waals surface area contributed by atoms with E-state index < -0.39 is 0 Å². The first-order valence-electron chi connectivity index (χ1n) is 5.34. The minimum atomic E-state index is -0.374. The van der Waals surface area contributed by atoms with Gasteiger partial charge in [0.15, 0.2) is 0 Å². The lowest BCUT2D eigenvalue weighted by atomic mass is 10.2. The van der Waals surface area contributed by atoms with Gasteiger partial charge in [-0.05, 0) is 45.7 Å². The lowest BCUT2D eigenvalue weighted by Crippen LogP contribution is -2.14.